The van der Waals surface area contributed by atoms with Crippen molar-refractivity contribution in [1.82, 2.24) is 9.38 Å². The van der Waals surface area contributed by atoms with Crippen molar-refractivity contribution >= 4 is 11.6 Å². The second-order valence-electron chi connectivity index (χ2n) is 2.48. The molecular formula is C7H9N4+. The number of fused-ring (bicyclic) bond motifs is 1. The van der Waals surface area contributed by atoms with Gasteiger partial charge in [0, 0.05) is 5.56 Å². The van der Waals surface area contributed by atoms with E-state index in [0.29, 0.717) is 5.95 Å². The molecule has 2 aromatic rings. The summed E-state index contributed by atoms with van der Waals surface area (Å²) in [7, 11) is 0. The summed E-state index contributed by atoms with van der Waals surface area (Å²) in [6.45, 7) is 2.00. The molecule has 0 amide bonds. The highest BCUT2D eigenvalue weighted by molar-refractivity contribution is 5.49. The van der Waals surface area contributed by atoms with E-state index < -0.39 is 0 Å². The number of aryl methyl sites for hydroxylation is 1. The number of nitrogens with two attached hydrogens (primary N) is 1. The standard InChI is InChI=1S/C7H8N4/c1-5-2-3-11-6(5)9-4-10-7(11)8/h2-4H,1H3,(H2,8,9,10)/p+1. The first-order valence-electron chi connectivity index (χ1n) is 3.39. The highest BCUT2D eigenvalue weighted by Crippen LogP contribution is 2.07. The fourth-order valence-electron chi connectivity index (χ4n) is 1.11. The number of hydrogen-bond donors (Lipinski definition) is 1. The monoisotopic (exact) mass is 149 g/mol. The van der Waals surface area contributed by atoms with Gasteiger partial charge in [-0.3, -0.25) is 0 Å². The minimum Gasteiger partial charge on any atom is -0.310 e. The molecule has 0 aliphatic carbocycles. The Morgan fingerprint density at radius 3 is 3.18 bits per heavy atom. The number of hydrogen-bond acceptors (Lipinski definition) is 2. The van der Waals surface area contributed by atoms with Gasteiger partial charge in [0.25, 0.3) is 0 Å². The molecular weight excluding hydrogens is 140 g/mol. The van der Waals surface area contributed by atoms with Crippen LogP contribution in [-0.2, 0) is 0 Å². The van der Waals surface area contributed by atoms with Crippen LogP contribution in [0.5, 0.6) is 0 Å². The van der Waals surface area contributed by atoms with Crippen LogP contribution in [0.15, 0.2) is 18.6 Å². The number of nitrogen functional groups attached to an aromatic ring is 1. The van der Waals surface area contributed by atoms with Gasteiger partial charge in [-0.15, -0.1) is 4.98 Å². The number of H-pyrrole nitrogens is 1. The minimum atomic E-state index is 0.600. The van der Waals surface area contributed by atoms with Crippen molar-refractivity contribution < 1.29 is 4.98 Å². The third kappa shape index (κ3) is 0.756. The molecule has 0 aromatic carbocycles. The maximum atomic E-state index is 5.64. The van der Waals surface area contributed by atoms with Crippen molar-refractivity contribution in [2.45, 2.75) is 6.92 Å². The molecule has 3 N–H and O–H groups in total. The highest BCUT2D eigenvalue weighted by Gasteiger charge is 2.06. The summed E-state index contributed by atoms with van der Waals surface area (Å²) < 4.78 is 1.81. The third-order valence-electron chi connectivity index (χ3n) is 1.71. The van der Waals surface area contributed by atoms with Crippen LogP contribution in [0.25, 0.3) is 5.65 Å². The quantitative estimate of drug-likeness (QED) is 0.575. The molecule has 0 saturated heterocycles. The van der Waals surface area contributed by atoms with Gasteiger partial charge in [0.1, 0.15) is 0 Å². The Kier molecular flexibility index (Phi) is 1.09. The van der Waals surface area contributed by atoms with E-state index in [1.54, 1.807) is 6.33 Å². The van der Waals surface area contributed by atoms with Crippen LogP contribution in [0.3, 0.4) is 0 Å². The summed E-state index contributed by atoms with van der Waals surface area (Å²) in [4.78, 5) is 6.95. The lowest BCUT2D eigenvalue weighted by molar-refractivity contribution is -0.369. The molecule has 0 unspecified atom stereocenters. The second-order valence-corrected chi connectivity index (χ2v) is 2.48. The van der Waals surface area contributed by atoms with Crippen LogP contribution in [0.1, 0.15) is 5.56 Å². The first-order valence-corrected chi connectivity index (χ1v) is 3.39. The lowest BCUT2D eigenvalue weighted by Crippen LogP contribution is -2.15. The van der Waals surface area contributed by atoms with E-state index in [4.69, 9.17) is 5.73 Å². The molecule has 0 aliphatic rings. The molecule has 0 aliphatic heterocycles. The van der Waals surface area contributed by atoms with Crippen LogP contribution in [-0.4, -0.2) is 9.38 Å². The van der Waals surface area contributed by atoms with Gasteiger partial charge in [0.15, 0.2) is 6.33 Å². The average Bonchev–Trinajstić information content (AvgIpc) is 2.35. The number of rotatable bonds is 0. The summed E-state index contributed by atoms with van der Waals surface area (Å²) in [6, 6.07) is 1.98. The van der Waals surface area contributed by atoms with E-state index >= 15 is 0 Å². The van der Waals surface area contributed by atoms with Gasteiger partial charge in [-0.25, -0.2) is 4.98 Å². The lowest BCUT2D eigenvalue weighted by Gasteiger charge is -1.89. The predicted molar refractivity (Wildman–Crippen MR) is 40.9 cm³/mol. The SMILES string of the molecule is Cc1ccn2c(N)[nH+]cnc12. The molecule has 4 heteroatoms. The molecule has 2 rings (SSSR count). The summed E-state index contributed by atoms with van der Waals surface area (Å²) >= 11 is 0. The normalized spacial score (nSPS) is 10.6. The Balaban J connectivity index is 2.94. The van der Waals surface area contributed by atoms with E-state index in [9.17, 15) is 0 Å². The molecule has 0 atom stereocenters. The second kappa shape index (κ2) is 1.95. The van der Waals surface area contributed by atoms with Crippen LogP contribution in [0, 0.1) is 6.92 Å². The fourth-order valence-corrected chi connectivity index (χ4v) is 1.11. The van der Waals surface area contributed by atoms with Gasteiger partial charge in [-0.1, -0.05) is 0 Å². The van der Waals surface area contributed by atoms with Crippen molar-refractivity contribution in [3.63, 3.8) is 0 Å². The van der Waals surface area contributed by atoms with Crippen LogP contribution in [0.2, 0.25) is 0 Å². The van der Waals surface area contributed by atoms with Gasteiger partial charge < -0.3 is 5.73 Å². The molecule has 56 valence electrons. The molecule has 0 saturated carbocycles. The molecule has 2 heterocycles. The Hall–Kier alpha value is -1.58. The highest BCUT2D eigenvalue weighted by atomic mass is 15.1. The zero-order valence-corrected chi connectivity index (χ0v) is 6.20. The van der Waals surface area contributed by atoms with Crippen molar-refractivity contribution in [2.24, 2.45) is 0 Å². The Labute approximate surface area is 63.7 Å². The van der Waals surface area contributed by atoms with Crippen LogP contribution >= 0.6 is 0 Å². The first kappa shape index (κ1) is 6.15. The number of anilines is 1. The van der Waals surface area contributed by atoms with Crippen molar-refractivity contribution in [3.05, 3.63) is 24.2 Å². The molecule has 0 fully saturated rings. The molecule has 11 heavy (non-hydrogen) atoms. The largest absolute Gasteiger partial charge is 0.318 e. The van der Waals surface area contributed by atoms with Gasteiger partial charge in [0.2, 0.25) is 5.65 Å². The number of aromatic amines is 1. The summed E-state index contributed by atoms with van der Waals surface area (Å²) in [5.41, 5.74) is 7.67. The predicted octanol–water partition coefficient (Wildman–Crippen LogP) is 0.0390. The summed E-state index contributed by atoms with van der Waals surface area (Å²) in [5, 5.41) is 0. The third-order valence-corrected chi connectivity index (χ3v) is 1.71. The molecule has 4 nitrogen and oxygen atoms in total. The molecule has 0 bridgehead atoms. The van der Waals surface area contributed by atoms with Gasteiger partial charge in [0.05, 0.1) is 6.20 Å². The first-order chi connectivity index (χ1) is 5.29. The van der Waals surface area contributed by atoms with Crippen LogP contribution in [0.4, 0.5) is 5.95 Å². The summed E-state index contributed by atoms with van der Waals surface area (Å²) in [5.74, 6) is 0.600. The zero-order chi connectivity index (χ0) is 7.84. The molecule has 2 aromatic heterocycles. The Morgan fingerprint density at radius 2 is 2.45 bits per heavy atom. The molecule has 0 spiro atoms. The molecule has 0 radical (unpaired) electrons. The van der Waals surface area contributed by atoms with Gasteiger partial charge in [-0.2, -0.15) is 4.40 Å². The van der Waals surface area contributed by atoms with Gasteiger partial charge >= 0.3 is 5.95 Å². The Bertz CT molecular complexity index is 390. The number of nitrogens with one attached hydrogen (secondary N) is 1. The Morgan fingerprint density at radius 1 is 1.64 bits per heavy atom. The van der Waals surface area contributed by atoms with E-state index in [0.717, 1.165) is 11.2 Å². The van der Waals surface area contributed by atoms with E-state index in [-0.39, 0.29) is 0 Å². The number of nitrogens with zero attached hydrogens (tertiary/aromatic N) is 2. The maximum Gasteiger partial charge on any atom is 0.318 e. The summed E-state index contributed by atoms with van der Waals surface area (Å²) in [6.07, 6.45) is 3.49. The maximum absolute atomic E-state index is 5.64. The van der Waals surface area contributed by atoms with Gasteiger partial charge in [-0.05, 0) is 13.0 Å². The average molecular weight is 149 g/mol. The lowest BCUT2D eigenvalue weighted by atomic mass is 10.4. The minimum absolute atomic E-state index is 0.600. The zero-order valence-electron chi connectivity index (χ0n) is 6.20. The van der Waals surface area contributed by atoms with Crippen LogP contribution < -0.4 is 10.7 Å². The van der Waals surface area contributed by atoms with E-state index in [2.05, 4.69) is 9.97 Å². The van der Waals surface area contributed by atoms with E-state index in [1.165, 1.54) is 0 Å². The smallest absolute Gasteiger partial charge is 0.310 e. The topological polar surface area (TPSA) is 57.5 Å². The van der Waals surface area contributed by atoms with Crippen molar-refractivity contribution in [3.8, 4) is 0 Å². The van der Waals surface area contributed by atoms with E-state index in [1.807, 2.05) is 23.6 Å². The van der Waals surface area contributed by atoms with Crippen molar-refractivity contribution in [2.75, 3.05) is 5.73 Å². The fraction of sp³-hybridized carbons (Fsp3) is 0.143. The van der Waals surface area contributed by atoms with Crippen molar-refractivity contribution in [1.29, 1.82) is 0 Å². The number of aromatic nitrogens is 3.